The van der Waals surface area contributed by atoms with Crippen LogP contribution in [0.4, 0.5) is 11.6 Å². The van der Waals surface area contributed by atoms with E-state index in [1.54, 1.807) is 0 Å². The molecule has 0 spiro atoms. The number of hydrogen-bond donors (Lipinski definition) is 1. The van der Waals surface area contributed by atoms with Crippen molar-refractivity contribution in [3.8, 4) is 0 Å². The Bertz CT molecular complexity index is 1070. The van der Waals surface area contributed by atoms with Crippen LogP contribution in [0.25, 0.3) is 0 Å². The van der Waals surface area contributed by atoms with E-state index in [0.717, 1.165) is 6.07 Å². The Balaban J connectivity index is 1.68. The van der Waals surface area contributed by atoms with Gasteiger partial charge in [-0.25, -0.2) is 9.59 Å². The van der Waals surface area contributed by atoms with Gasteiger partial charge in [0.2, 0.25) is 5.91 Å². The molecule has 1 fully saturated rings. The molecule has 2 aromatic rings. The summed E-state index contributed by atoms with van der Waals surface area (Å²) < 4.78 is 14.2. The average molecular weight is 431 g/mol. The van der Waals surface area contributed by atoms with Crippen molar-refractivity contribution < 1.29 is 38.0 Å². The molecule has 0 saturated carbocycles. The molecule has 31 heavy (non-hydrogen) atoms. The molecule has 0 atom stereocenters. The van der Waals surface area contributed by atoms with Gasteiger partial charge >= 0.3 is 17.8 Å². The SMILES string of the molecule is COC(=O)c1ccc(C(=O)OC)c(NC(=O)C2CN(C(=O)c3ccc([N+](=O)[O-])o3)C2)c1. The van der Waals surface area contributed by atoms with E-state index in [1.807, 2.05) is 0 Å². The van der Waals surface area contributed by atoms with Crippen molar-refractivity contribution in [1.82, 2.24) is 4.90 Å². The first-order chi connectivity index (χ1) is 14.7. The molecule has 162 valence electrons. The monoisotopic (exact) mass is 431 g/mol. The minimum absolute atomic E-state index is 0.0404. The van der Waals surface area contributed by atoms with Gasteiger partial charge in [0.1, 0.15) is 4.92 Å². The molecule has 0 unspecified atom stereocenters. The van der Waals surface area contributed by atoms with E-state index >= 15 is 0 Å². The maximum absolute atomic E-state index is 12.6. The number of nitro groups is 1. The zero-order valence-corrected chi connectivity index (χ0v) is 16.4. The molecule has 12 nitrogen and oxygen atoms in total. The number of carbonyl (C=O) groups excluding carboxylic acids is 4. The van der Waals surface area contributed by atoms with E-state index in [-0.39, 0.29) is 35.7 Å². The molecule has 0 aliphatic carbocycles. The second-order valence-electron chi connectivity index (χ2n) is 6.53. The fourth-order valence-electron chi connectivity index (χ4n) is 2.92. The smallest absolute Gasteiger partial charge is 0.433 e. The van der Waals surface area contributed by atoms with Crippen LogP contribution in [0.1, 0.15) is 31.3 Å². The van der Waals surface area contributed by atoms with Crippen LogP contribution in [0.5, 0.6) is 0 Å². The summed E-state index contributed by atoms with van der Waals surface area (Å²) >= 11 is 0. The number of ether oxygens (including phenoxy) is 2. The number of amides is 2. The minimum atomic E-state index is -0.759. The number of nitrogens with one attached hydrogen (secondary N) is 1. The van der Waals surface area contributed by atoms with Crippen LogP contribution in [0, 0.1) is 16.0 Å². The van der Waals surface area contributed by atoms with E-state index in [1.165, 1.54) is 43.4 Å². The molecule has 1 aliphatic rings. The maximum atomic E-state index is 12.6. The average Bonchev–Trinajstić information content (AvgIpc) is 3.22. The zero-order chi connectivity index (χ0) is 22.7. The summed E-state index contributed by atoms with van der Waals surface area (Å²) in [5.41, 5.74) is 0.222. The Labute approximate surface area is 174 Å². The van der Waals surface area contributed by atoms with Crippen molar-refractivity contribution >= 4 is 35.3 Å². The van der Waals surface area contributed by atoms with Gasteiger partial charge in [-0.05, 0) is 24.3 Å². The molecule has 1 aromatic heterocycles. The molecule has 1 N–H and O–H groups in total. The Hall–Kier alpha value is -4.22. The van der Waals surface area contributed by atoms with Crippen LogP contribution in [0.15, 0.2) is 34.7 Å². The molecular weight excluding hydrogens is 414 g/mol. The minimum Gasteiger partial charge on any atom is -0.465 e. The molecule has 0 radical (unpaired) electrons. The van der Waals surface area contributed by atoms with E-state index < -0.39 is 40.5 Å². The highest BCUT2D eigenvalue weighted by atomic mass is 16.6. The Morgan fingerprint density at radius 1 is 1.10 bits per heavy atom. The van der Waals surface area contributed by atoms with Gasteiger partial charge in [0.15, 0.2) is 5.76 Å². The zero-order valence-electron chi connectivity index (χ0n) is 16.4. The number of hydrogen-bond acceptors (Lipinski definition) is 9. The number of nitrogens with zero attached hydrogens (tertiary/aromatic N) is 2. The van der Waals surface area contributed by atoms with Crippen molar-refractivity contribution in [3.63, 3.8) is 0 Å². The topological polar surface area (TPSA) is 158 Å². The summed E-state index contributed by atoms with van der Waals surface area (Å²) in [6.45, 7) is 0.0901. The largest absolute Gasteiger partial charge is 0.465 e. The van der Waals surface area contributed by atoms with Gasteiger partial charge in [0.25, 0.3) is 5.91 Å². The van der Waals surface area contributed by atoms with E-state index in [2.05, 4.69) is 14.8 Å². The molecule has 1 aliphatic heterocycles. The van der Waals surface area contributed by atoms with Crippen molar-refractivity contribution in [1.29, 1.82) is 0 Å². The van der Waals surface area contributed by atoms with Crippen LogP contribution in [0.3, 0.4) is 0 Å². The van der Waals surface area contributed by atoms with Crippen molar-refractivity contribution in [2.24, 2.45) is 5.92 Å². The second-order valence-corrected chi connectivity index (χ2v) is 6.53. The first-order valence-electron chi connectivity index (χ1n) is 8.90. The predicted molar refractivity (Wildman–Crippen MR) is 103 cm³/mol. The Morgan fingerprint density at radius 2 is 1.77 bits per heavy atom. The van der Waals surface area contributed by atoms with Gasteiger partial charge in [-0.1, -0.05) is 0 Å². The van der Waals surface area contributed by atoms with Gasteiger partial charge in [0.05, 0.1) is 43.0 Å². The molecule has 1 saturated heterocycles. The van der Waals surface area contributed by atoms with E-state index in [4.69, 9.17) is 4.42 Å². The third-order valence-corrected chi connectivity index (χ3v) is 4.63. The summed E-state index contributed by atoms with van der Waals surface area (Å²) in [6, 6.07) is 6.24. The molecule has 2 heterocycles. The van der Waals surface area contributed by atoms with Crippen molar-refractivity contribution in [3.05, 3.63) is 57.3 Å². The summed E-state index contributed by atoms with van der Waals surface area (Å²) in [4.78, 5) is 59.8. The van der Waals surface area contributed by atoms with Crippen LogP contribution >= 0.6 is 0 Å². The number of carbonyl (C=O) groups is 4. The van der Waals surface area contributed by atoms with Gasteiger partial charge in [-0.3, -0.25) is 19.7 Å². The molecule has 3 rings (SSSR count). The summed E-state index contributed by atoms with van der Waals surface area (Å²) in [5, 5.41) is 13.2. The third kappa shape index (κ3) is 4.37. The summed E-state index contributed by atoms with van der Waals surface area (Å²) in [5.74, 6) is -3.79. The lowest BCUT2D eigenvalue weighted by Crippen LogP contribution is -2.54. The van der Waals surface area contributed by atoms with Crippen LogP contribution in [-0.4, -0.2) is 60.9 Å². The molecule has 1 aromatic carbocycles. The number of furan rings is 1. The highest BCUT2D eigenvalue weighted by molar-refractivity contribution is 6.04. The number of benzene rings is 1. The first-order valence-corrected chi connectivity index (χ1v) is 8.90. The molecular formula is C19H17N3O9. The summed E-state index contributed by atoms with van der Waals surface area (Å²) in [7, 11) is 2.37. The highest BCUT2D eigenvalue weighted by Gasteiger charge is 2.38. The number of likely N-dealkylation sites (tertiary alicyclic amines) is 1. The molecule has 2 amide bonds. The predicted octanol–water partition coefficient (Wildman–Crippen LogP) is 1.47. The van der Waals surface area contributed by atoms with Gasteiger partial charge < -0.3 is 24.1 Å². The summed E-state index contributed by atoms with van der Waals surface area (Å²) in [6.07, 6.45) is 0. The number of methoxy groups -OCH3 is 2. The fraction of sp³-hybridized carbons (Fsp3) is 0.263. The number of rotatable bonds is 6. The first kappa shape index (κ1) is 21.5. The second kappa shape index (κ2) is 8.65. The van der Waals surface area contributed by atoms with Crippen molar-refractivity contribution in [2.45, 2.75) is 0 Å². The maximum Gasteiger partial charge on any atom is 0.433 e. The standard InChI is InChI=1S/C19H17N3O9/c1-29-18(25)10-3-4-12(19(26)30-2)13(7-10)20-16(23)11-8-21(9-11)17(24)14-5-6-15(31-14)22(27)28/h3-7,11H,8-9H2,1-2H3,(H,20,23). The lowest BCUT2D eigenvalue weighted by atomic mass is 9.98. The van der Waals surface area contributed by atoms with Crippen LogP contribution < -0.4 is 5.32 Å². The van der Waals surface area contributed by atoms with Crippen LogP contribution in [-0.2, 0) is 14.3 Å². The van der Waals surface area contributed by atoms with E-state index in [0.29, 0.717) is 0 Å². The van der Waals surface area contributed by atoms with Gasteiger partial charge in [0, 0.05) is 13.1 Å². The molecule has 0 bridgehead atoms. The molecule has 12 heteroatoms. The number of esters is 2. The van der Waals surface area contributed by atoms with Crippen LogP contribution in [0.2, 0.25) is 0 Å². The van der Waals surface area contributed by atoms with Gasteiger partial charge in [-0.15, -0.1) is 0 Å². The Kier molecular flexibility index (Phi) is 6.00. The van der Waals surface area contributed by atoms with Gasteiger partial charge in [-0.2, -0.15) is 0 Å². The van der Waals surface area contributed by atoms with Crippen molar-refractivity contribution in [2.75, 3.05) is 32.6 Å². The lowest BCUT2D eigenvalue weighted by Gasteiger charge is -2.37. The number of anilines is 1. The quantitative estimate of drug-likeness (QED) is 0.406. The Morgan fingerprint density at radius 3 is 2.35 bits per heavy atom. The normalized spacial score (nSPS) is 13.2. The third-order valence-electron chi connectivity index (χ3n) is 4.63. The lowest BCUT2D eigenvalue weighted by molar-refractivity contribution is -0.402. The fourth-order valence-corrected chi connectivity index (χ4v) is 2.92. The highest BCUT2D eigenvalue weighted by Crippen LogP contribution is 2.25. The van der Waals surface area contributed by atoms with E-state index in [9.17, 15) is 29.3 Å².